The maximum atomic E-state index is 13.7. The Labute approximate surface area is 128 Å². The normalized spacial score (nSPS) is 14.6. The van der Waals surface area contributed by atoms with Crippen LogP contribution in [0.4, 0.5) is 4.39 Å². The molecule has 1 N–H and O–H groups in total. The largest absolute Gasteiger partial charge is 0.493 e. The van der Waals surface area contributed by atoms with Gasteiger partial charge in [-0.25, -0.2) is 4.39 Å². The first-order valence-corrected chi connectivity index (χ1v) is 7.39. The third-order valence-electron chi connectivity index (χ3n) is 3.78. The van der Waals surface area contributed by atoms with Crippen LogP contribution in [0.25, 0.3) is 0 Å². The van der Waals surface area contributed by atoms with E-state index in [0.29, 0.717) is 23.4 Å². The zero-order valence-corrected chi connectivity index (χ0v) is 12.2. The Morgan fingerprint density at radius 1 is 1.24 bits per heavy atom. The third kappa shape index (κ3) is 3.20. The van der Waals surface area contributed by atoms with Gasteiger partial charge in [0.15, 0.2) is 0 Å². The molecule has 2 aromatic rings. The highest BCUT2D eigenvalue weighted by Gasteiger charge is 2.15. The van der Waals surface area contributed by atoms with Crippen molar-refractivity contribution in [1.82, 2.24) is 0 Å². The number of fused-ring (bicyclic) bond motifs is 1. The number of halogens is 2. The minimum absolute atomic E-state index is 0.295. The molecule has 1 atom stereocenters. The van der Waals surface area contributed by atoms with Gasteiger partial charge in [0, 0.05) is 17.0 Å². The molecule has 0 amide bonds. The summed E-state index contributed by atoms with van der Waals surface area (Å²) in [5, 5.41) is 10.5. The standard InChI is InChI=1S/C17H16ClFO2/c18-13-3-4-14(15(19)10-13)16(20)5-1-11-2-6-17-12(9-11)7-8-21-17/h2-4,6,9-10,16,20H,1,5,7-8H2. The monoisotopic (exact) mass is 306 g/mol. The molecule has 2 aromatic carbocycles. The van der Waals surface area contributed by atoms with E-state index >= 15 is 0 Å². The van der Waals surface area contributed by atoms with Crippen molar-refractivity contribution in [3.63, 3.8) is 0 Å². The highest BCUT2D eigenvalue weighted by molar-refractivity contribution is 6.30. The second-order valence-corrected chi connectivity index (χ2v) is 5.70. The molecule has 0 saturated heterocycles. The van der Waals surface area contributed by atoms with Crippen molar-refractivity contribution in [2.24, 2.45) is 0 Å². The van der Waals surface area contributed by atoms with Gasteiger partial charge in [0.25, 0.3) is 0 Å². The zero-order valence-electron chi connectivity index (χ0n) is 11.5. The molecule has 0 aromatic heterocycles. The molecule has 0 aliphatic carbocycles. The van der Waals surface area contributed by atoms with Gasteiger partial charge in [-0.3, -0.25) is 0 Å². The fourth-order valence-corrected chi connectivity index (χ4v) is 2.78. The fourth-order valence-electron chi connectivity index (χ4n) is 2.63. The van der Waals surface area contributed by atoms with E-state index < -0.39 is 11.9 Å². The van der Waals surface area contributed by atoms with Gasteiger partial charge in [-0.2, -0.15) is 0 Å². The zero-order chi connectivity index (χ0) is 14.8. The number of aliphatic hydroxyl groups is 1. The highest BCUT2D eigenvalue weighted by atomic mass is 35.5. The van der Waals surface area contributed by atoms with Crippen LogP contribution in [0.1, 0.15) is 29.2 Å². The van der Waals surface area contributed by atoms with E-state index in [4.69, 9.17) is 16.3 Å². The Hall–Kier alpha value is -1.58. The van der Waals surface area contributed by atoms with Crippen molar-refractivity contribution in [1.29, 1.82) is 0 Å². The molecular formula is C17H16ClFO2. The summed E-state index contributed by atoms with van der Waals surface area (Å²) in [5.41, 5.74) is 2.64. The molecule has 1 heterocycles. The highest BCUT2D eigenvalue weighted by Crippen LogP contribution is 2.28. The van der Waals surface area contributed by atoms with E-state index in [-0.39, 0.29) is 0 Å². The first-order valence-electron chi connectivity index (χ1n) is 7.01. The molecule has 1 aliphatic rings. The van der Waals surface area contributed by atoms with Crippen molar-refractivity contribution < 1.29 is 14.2 Å². The van der Waals surface area contributed by atoms with E-state index in [2.05, 4.69) is 6.07 Å². The Morgan fingerprint density at radius 3 is 2.90 bits per heavy atom. The van der Waals surface area contributed by atoms with Crippen molar-refractivity contribution in [3.05, 3.63) is 63.9 Å². The van der Waals surface area contributed by atoms with E-state index in [1.54, 1.807) is 12.1 Å². The van der Waals surface area contributed by atoms with Crippen LogP contribution in [-0.4, -0.2) is 11.7 Å². The predicted octanol–water partition coefficient (Wildman–Crippen LogP) is 4.08. The van der Waals surface area contributed by atoms with Crippen LogP contribution in [0.3, 0.4) is 0 Å². The van der Waals surface area contributed by atoms with Gasteiger partial charge in [0.1, 0.15) is 11.6 Å². The molecule has 110 valence electrons. The van der Waals surface area contributed by atoms with Gasteiger partial charge in [0.05, 0.1) is 12.7 Å². The summed E-state index contributed by atoms with van der Waals surface area (Å²) in [5.74, 6) is 0.486. The van der Waals surface area contributed by atoms with Gasteiger partial charge in [-0.05, 0) is 42.2 Å². The second kappa shape index (κ2) is 6.04. The van der Waals surface area contributed by atoms with Crippen LogP contribution < -0.4 is 4.74 Å². The minimum atomic E-state index is -0.827. The summed E-state index contributed by atoms with van der Waals surface area (Å²) in [7, 11) is 0. The number of hydrogen-bond acceptors (Lipinski definition) is 2. The lowest BCUT2D eigenvalue weighted by molar-refractivity contribution is 0.163. The Bertz CT molecular complexity index is 657. The van der Waals surface area contributed by atoms with Crippen LogP contribution in [0, 0.1) is 5.82 Å². The van der Waals surface area contributed by atoms with Gasteiger partial charge in [0.2, 0.25) is 0 Å². The molecule has 21 heavy (non-hydrogen) atoms. The molecule has 1 aliphatic heterocycles. The lowest BCUT2D eigenvalue weighted by atomic mass is 9.99. The fraction of sp³-hybridized carbons (Fsp3) is 0.294. The smallest absolute Gasteiger partial charge is 0.130 e. The molecule has 0 spiro atoms. The maximum Gasteiger partial charge on any atom is 0.130 e. The molecule has 1 unspecified atom stereocenters. The van der Waals surface area contributed by atoms with E-state index in [0.717, 1.165) is 24.3 Å². The van der Waals surface area contributed by atoms with E-state index in [1.165, 1.54) is 11.6 Å². The van der Waals surface area contributed by atoms with Crippen LogP contribution in [-0.2, 0) is 12.8 Å². The SMILES string of the molecule is OC(CCc1ccc2c(c1)CCO2)c1ccc(Cl)cc1F. The number of rotatable bonds is 4. The molecule has 0 fully saturated rings. The first-order chi connectivity index (χ1) is 10.1. The lowest BCUT2D eigenvalue weighted by Gasteiger charge is -2.12. The topological polar surface area (TPSA) is 29.5 Å². The number of aryl methyl sites for hydroxylation is 1. The summed E-state index contributed by atoms with van der Waals surface area (Å²) in [6.07, 6.45) is 1.26. The van der Waals surface area contributed by atoms with Crippen molar-refractivity contribution in [3.8, 4) is 5.75 Å². The lowest BCUT2D eigenvalue weighted by Crippen LogP contribution is -2.02. The van der Waals surface area contributed by atoms with Gasteiger partial charge in [-0.15, -0.1) is 0 Å². The molecule has 0 saturated carbocycles. The summed E-state index contributed by atoms with van der Waals surface area (Å²) in [6.45, 7) is 0.734. The quantitative estimate of drug-likeness (QED) is 0.922. The molecule has 0 radical (unpaired) electrons. The Kier molecular flexibility index (Phi) is 4.13. The van der Waals surface area contributed by atoms with Crippen LogP contribution in [0.5, 0.6) is 5.75 Å². The number of benzene rings is 2. The van der Waals surface area contributed by atoms with Gasteiger partial charge < -0.3 is 9.84 Å². The van der Waals surface area contributed by atoms with Crippen molar-refractivity contribution in [2.75, 3.05) is 6.61 Å². The average Bonchev–Trinajstić information content (AvgIpc) is 2.92. The number of ether oxygens (including phenoxy) is 1. The summed E-state index contributed by atoms with van der Waals surface area (Å²) < 4.78 is 19.2. The van der Waals surface area contributed by atoms with E-state index in [1.807, 2.05) is 12.1 Å². The van der Waals surface area contributed by atoms with Crippen LogP contribution in [0.2, 0.25) is 5.02 Å². The average molecular weight is 307 g/mol. The Balaban J connectivity index is 1.67. The van der Waals surface area contributed by atoms with Crippen LogP contribution in [0.15, 0.2) is 36.4 Å². The summed E-state index contributed by atoms with van der Waals surface area (Å²) in [4.78, 5) is 0. The van der Waals surface area contributed by atoms with Crippen LogP contribution >= 0.6 is 11.6 Å². The molecule has 0 bridgehead atoms. The number of aliphatic hydroxyl groups excluding tert-OH is 1. The van der Waals surface area contributed by atoms with Crippen molar-refractivity contribution >= 4 is 11.6 Å². The Morgan fingerprint density at radius 2 is 2.10 bits per heavy atom. The predicted molar refractivity (Wildman–Crippen MR) is 80.3 cm³/mol. The van der Waals surface area contributed by atoms with Gasteiger partial charge >= 0.3 is 0 Å². The third-order valence-corrected chi connectivity index (χ3v) is 4.02. The first kappa shape index (κ1) is 14.4. The summed E-state index contributed by atoms with van der Waals surface area (Å²) >= 11 is 5.72. The number of hydrogen-bond donors (Lipinski definition) is 1. The molecule has 2 nitrogen and oxygen atoms in total. The van der Waals surface area contributed by atoms with Gasteiger partial charge in [-0.1, -0.05) is 29.8 Å². The van der Waals surface area contributed by atoms with E-state index in [9.17, 15) is 9.50 Å². The summed E-state index contributed by atoms with van der Waals surface area (Å²) in [6, 6.07) is 10.4. The molecule has 4 heteroatoms. The molecular weight excluding hydrogens is 291 g/mol. The maximum absolute atomic E-state index is 13.7. The van der Waals surface area contributed by atoms with Crippen molar-refractivity contribution in [2.45, 2.75) is 25.4 Å². The molecule has 3 rings (SSSR count). The minimum Gasteiger partial charge on any atom is -0.493 e. The second-order valence-electron chi connectivity index (χ2n) is 5.26.